The van der Waals surface area contributed by atoms with Gasteiger partial charge in [0, 0.05) is 49.8 Å². The van der Waals surface area contributed by atoms with Gasteiger partial charge in [-0.25, -0.2) is 9.59 Å². The molecule has 0 unspecified atom stereocenters. The number of carbonyl (C=O) groups is 8. The Morgan fingerprint density at radius 1 is 0.569 bits per heavy atom. The summed E-state index contributed by atoms with van der Waals surface area (Å²) in [5, 5.41) is -1.86. The Kier molecular flexibility index (Phi) is 12.1. The van der Waals surface area contributed by atoms with Gasteiger partial charge in [0.05, 0.1) is 24.7 Å². The molecule has 0 aromatic heterocycles. The van der Waals surface area contributed by atoms with Gasteiger partial charge in [-0.15, -0.1) is 23.5 Å². The molecule has 0 aromatic rings. The molecule has 7 fully saturated rings. The van der Waals surface area contributed by atoms with Crippen LogP contribution in [-0.2, 0) is 47.8 Å². The monoisotopic (exact) mass is 846 g/mol. The summed E-state index contributed by atoms with van der Waals surface area (Å²) >= 11 is 2.72. The fourth-order valence-electron chi connectivity index (χ4n) is 10.7. The molecule has 58 heavy (non-hydrogen) atoms. The summed E-state index contributed by atoms with van der Waals surface area (Å²) in [4.78, 5) is 123. The number of amides is 6. The van der Waals surface area contributed by atoms with Gasteiger partial charge in [-0.3, -0.25) is 28.8 Å². The number of methoxy groups -OCH3 is 2. The van der Waals surface area contributed by atoms with Crippen molar-refractivity contribution in [2.75, 3.05) is 53.5 Å². The summed E-state index contributed by atoms with van der Waals surface area (Å²) < 4.78 is 10.3. The predicted octanol–water partition coefficient (Wildman–Crippen LogP) is 1.27. The number of thioether (sulfide) groups is 2. The van der Waals surface area contributed by atoms with Crippen LogP contribution in [-0.4, -0.2) is 187 Å². The van der Waals surface area contributed by atoms with Gasteiger partial charge in [-0.2, -0.15) is 0 Å². The Morgan fingerprint density at radius 3 is 1.31 bits per heavy atom. The molecule has 0 aromatic carbocycles. The van der Waals surface area contributed by atoms with Crippen LogP contribution in [0.2, 0.25) is 0 Å². The van der Waals surface area contributed by atoms with Crippen LogP contribution < -0.4 is 0 Å². The van der Waals surface area contributed by atoms with Crippen LogP contribution in [0.4, 0.5) is 0 Å². The number of fused-ring (bicyclic) bond motifs is 8. The lowest BCUT2D eigenvalue weighted by Gasteiger charge is -2.40. The normalized spacial score (nSPS) is 37.9. The SMILES string of the molecule is COC(=O)[C@@H]1C[C@H]2CN1C(=O)[C@@H]1CCCN1C(=O)[C@]1(C)CCCN1C(=O)[C@@H](C)S[C@H]1C[C@@H](C(=O)OC)N(C1)C(=O)[C@@H]1CCCN1C(=O)[C@]1(C)CCCN1C(=O)[C@@H](C)S2. The van der Waals surface area contributed by atoms with Crippen LogP contribution in [0.3, 0.4) is 0 Å². The van der Waals surface area contributed by atoms with E-state index in [9.17, 15) is 38.4 Å². The smallest absolute Gasteiger partial charge is 0.328 e. The first kappa shape index (κ1) is 42.6. The fourth-order valence-corrected chi connectivity index (χ4v) is 13.5. The standard InChI is InChI=1S/C40H58N6O10S2/c1-23-31(47)45-17-9-13-39(45,3)37(53)41-15-7-12-28(41)34(50)44-22-26(20-30(44)36(52)56-6)58-24(2)32(48)46-18-10-14-40(46,4)38(54)42-16-8-11-27(42)33(49)43-21-25(57-23)19-29(43)35(51)55-5/h23-30H,7-22H2,1-6H3/t23-,24-,25+,26+,27+,28+,29+,30+,39+,40+/m1/s1. The highest BCUT2D eigenvalue weighted by Crippen LogP contribution is 2.41. The van der Waals surface area contributed by atoms with E-state index in [0.29, 0.717) is 77.5 Å². The van der Waals surface area contributed by atoms with Gasteiger partial charge < -0.3 is 38.9 Å². The molecule has 7 aliphatic rings. The van der Waals surface area contributed by atoms with Crippen LogP contribution >= 0.6 is 23.5 Å². The number of hydrogen-bond acceptors (Lipinski definition) is 12. The Balaban J connectivity index is 1.23. The highest BCUT2D eigenvalue weighted by atomic mass is 32.2. The van der Waals surface area contributed by atoms with Crippen molar-refractivity contribution in [2.24, 2.45) is 0 Å². The Bertz CT molecular complexity index is 1610. The van der Waals surface area contributed by atoms with Crippen molar-refractivity contribution in [3.8, 4) is 0 Å². The van der Waals surface area contributed by atoms with E-state index in [4.69, 9.17) is 9.47 Å². The van der Waals surface area contributed by atoms with Gasteiger partial charge in [0.1, 0.15) is 35.2 Å². The minimum atomic E-state index is -1.20. The molecule has 7 saturated heterocycles. The first-order valence-electron chi connectivity index (χ1n) is 20.9. The summed E-state index contributed by atoms with van der Waals surface area (Å²) in [6.45, 7) is 8.85. The summed E-state index contributed by atoms with van der Waals surface area (Å²) in [5.74, 6) is -2.88. The van der Waals surface area contributed by atoms with Crippen molar-refractivity contribution < 1.29 is 47.8 Å². The Hall–Kier alpha value is -3.54. The fraction of sp³-hybridized carbons (Fsp3) is 0.800. The first-order chi connectivity index (χ1) is 27.5. The lowest BCUT2D eigenvalue weighted by atomic mass is 9.95. The predicted molar refractivity (Wildman–Crippen MR) is 214 cm³/mol. The molecule has 4 bridgehead atoms. The van der Waals surface area contributed by atoms with Gasteiger partial charge >= 0.3 is 11.9 Å². The molecule has 0 radical (unpaired) electrons. The lowest BCUT2D eigenvalue weighted by Crippen LogP contribution is -2.61. The quantitative estimate of drug-likeness (QED) is 0.365. The van der Waals surface area contributed by atoms with Crippen molar-refractivity contribution in [3.05, 3.63) is 0 Å². The third kappa shape index (κ3) is 7.25. The van der Waals surface area contributed by atoms with Crippen molar-refractivity contribution >= 4 is 70.9 Å². The molecule has 0 aliphatic carbocycles. The zero-order chi connectivity index (χ0) is 41.8. The third-order valence-electron chi connectivity index (χ3n) is 13.9. The van der Waals surface area contributed by atoms with Crippen LogP contribution in [0.5, 0.6) is 0 Å². The van der Waals surface area contributed by atoms with Crippen LogP contribution in [0, 0.1) is 0 Å². The van der Waals surface area contributed by atoms with Crippen LogP contribution in [0.1, 0.15) is 91.9 Å². The number of esters is 2. The van der Waals surface area contributed by atoms with Crippen LogP contribution in [0.25, 0.3) is 0 Å². The van der Waals surface area contributed by atoms with Crippen molar-refractivity contribution in [3.63, 3.8) is 0 Å². The van der Waals surface area contributed by atoms with Gasteiger partial charge in [-0.1, -0.05) is 0 Å². The lowest BCUT2D eigenvalue weighted by molar-refractivity contribution is -0.157. The van der Waals surface area contributed by atoms with E-state index < -0.39 is 57.7 Å². The molecule has 0 saturated carbocycles. The van der Waals surface area contributed by atoms with E-state index in [1.165, 1.54) is 47.5 Å². The molecule has 7 heterocycles. The number of carbonyl (C=O) groups excluding carboxylic acids is 8. The molecular formula is C40H58N6O10S2. The second kappa shape index (κ2) is 16.5. The molecule has 0 N–H and O–H groups in total. The molecule has 0 spiro atoms. The molecule has 6 amide bonds. The maximum atomic E-state index is 14.6. The maximum Gasteiger partial charge on any atom is 0.328 e. The highest BCUT2D eigenvalue weighted by Gasteiger charge is 2.56. The van der Waals surface area contributed by atoms with E-state index >= 15 is 0 Å². The van der Waals surface area contributed by atoms with Crippen molar-refractivity contribution in [1.82, 2.24) is 29.4 Å². The summed E-state index contributed by atoms with van der Waals surface area (Å²) in [6.07, 6.45) is 4.57. The summed E-state index contributed by atoms with van der Waals surface area (Å²) in [7, 11) is 2.55. The average molecular weight is 847 g/mol. The molecule has 320 valence electrons. The second-order valence-electron chi connectivity index (χ2n) is 17.4. The van der Waals surface area contributed by atoms with E-state index in [1.54, 1.807) is 47.3 Å². The number of hydrogen-bond donors (Lipinski definition) is 0. The number of rotatable bonds is 2. The zero-order valence-corrected chi connectivity index (χ0v) is 36.1. The van der Waals surface area contributed by atoms with E-state index in [-0.39, 0.29) is 71.9 Å². The van der Waals surface area contributed by atoms with Gasteiger partial charge in [0.2, 0.25) is 35.4 Å². The third-order valence-corrected chi connectivity index (χ3v) is 16.5. The average Bonchev–Trinajstić information content (AvgIpc) is 4.07. The zero-order valence-electron chi connectivity index (χ0n) is 34.5. The largest absolute Gasteiger partial charge is 0.467 e. The minimum Gasteiger partial charge on any atom is -0.467 e. The van der Waals surface area contributed by atoms with Gasteiger partial charge in [-0.05, 0) is 91.9 Å². The molecular weight excluding hydrogens is 789 g/mol. The van der Waals surface area contributed by atoms with Crippen LogP contribution in [0.15, 0.2) is 0 Å². The van der Waals surface area contributed by atoms with E-state index in [0.717, 1.165) is 0 Å². The topological polar surface area (TPSA) is 174 Å². The van der Waals surface area contributed by atoms with Gasteiger partial charge in [0.25, 0.3) is 0 Å². The molecule has 10 atom stereocenters. The summed E-state index contributed by atoms with van der Waals surface area (Å²) in [6, 6.07) is -3.43. The maximum absolute atomic E-state index is 14.6. The minimum absolute atomic E-state index is 0.175. The Labute approximate surface area is 348 Å². The van der Waals surface area contributed by atoms with E-state index in [1.807, 2.05) is 0 Å². The number of ether oxygens (including phenoxy) is 2. The first-order valence-corrected chi connectivity index (χ1v) is 22.8. The van der Waals surface area contributed by atoms with E-state index in [2.05, 4.69) is 0 Å². The summed E-state index contributed by atoms with van der Waals surface area (Å²) in [5.41, 5.74) is -2.39. The number of nitrogens with zero attached hydrogens (tertiary/aromatic N) is 6. The van der Waals surface area contributed by atoms with Crippen molar-refractivity contribution in [1.29, 1.82) is 0 Å². The van der Waals surface area contributed by atoms with Gasteiger partial charge in [0.15, 0.2) is 0 Å². The highest BCUT2D eigenvalue weighted by molar-refractivity contribution is 8.01. The molecule has 7 aliphatic heterocycles. The Morgan fingerprint density at radius 2 is 0.948 bits per heavy atom. The second-order valence-corrected chi connectivity index (χ2v) is 20.7. The molecule has 7 rings (SSSR count). The molecule has 18 heteroatoms. The van der Waals surface area contributed by atoms with Crippen molar-refractivity contribution in [2.45, 2.75) is 148 Å². The molecule has 16 nitrogen and oxygen atoms in total.